The average molecular weight is 346 g/mol. The van der Waals surface area contributed by atoms with E-state index < -0.39 is 0 Å². The molecule has 0 radical (unpaired) electrons. The minimum absolute atomic E-state index is 0.488. The lowest BCUT2D eigenvalue weighted by Crippen LogP contribution is -1.96. The Morgan fingerprint density at radius 1 is 1.38 bits per heavy atom. The first-order valence-corrected chi connectivity index (χ1v) is 7.18. The molecule has 3 nitrogen and oxygen atoms in total. The van der Waals surface area contributed by atoms with Crippen LogP contribution in [0.4, 0.5) is 5.82 Å². The van der Waals surface area contributed by atoms with Gasteiger partial charge in [0.05, 0.1) is 4.88 Å². The number of hydrogen-bond acceptors (Lipinski definition) is 4. The minimum Gasteiger partial charge on any atom is -0.380 e. The van der Waals surface area contributed by atoms with Crippen LogP contribution < -0.4 is 5.73 Å². The molecule has 1 aliphatic rings. The third-order valence-corrected chi connectivity index (χ3v) is 5.16. The van der Waals surface area contributed by atoms with Gasteiger partial charge in [0.1, 0.15) is 3.57 Å². The van der Waals surface area contributed by atoms with Crippen molar-refractivity contribution in [1.82, 2.24) is 5.16 Å². The van der Waals surface area contributed by atoms with Gasteiger partial charge in [0.25, 0.3) is 0 Å². The van der Waals surface area contributed by atoms with E-state index in [9.17, 15) is 0 Å². The number of nitrogens with two attached hydrogens (primary N) is 1. The highest BCUT2D eigenvalue weighted by Crippen LogP contribution is 2.38. The summed E-state index contributed by atoms with van der Waals surface area (Å²) in [6, 6.07) is 2.24. The highest BCUT2D eigenvalue weighted by atomic mass is 127. The van der Waals surface area contributed by atoms with Crippen LogP contribution >= 0.6 is 33.9 Å². The number of anilines is 1. The van der Waals surface area contributed by atoms with Gasteiger partial charge in [-0.05, 0) is 59.9 Å². The molecule has 2 aromatic heterocycles. The zero-order valence-electron chi connectivity index (χ0n) is 8.62. The monoisotopic (exact) mass is 346 g/mol. The summed E-state index contributed by atoms with van der Waals surface area (Å²) in [5, 5.41) is 3.80. The van der Waals surface area contributed by atoms with Crippen molar-refractivity contribution in [3.05, 3.63) is 20.1 Å². The van der Waals surface area contributed by atoms with Crippen LogP contribution in [0.1, 0.15) is 23.3 Å². The molecule has 5 heteroatoms. The lowest BCUT2D eigenvalue weighted by molar-refractivity contribution is 0.436. The number of hydrogen-bond donors (Lipinski definition) is 1. The molecule has 2 N–H and O–H groups in total. The van der Waals surface area contributed by atoms with Gasteiger partial charge >= 0.3 is 0 Å². The largest absolute Gasteiger partial charge is 0.380 e. The van der Waals surface area contributed by atoms with Gasteiger partial charge in [0.2, 0.25) is 0 Å². The summed E-state index contributed by atoms with van der Waals surface area (Å²) in [5.41, 5.74) is 7.18. The fourth-order valence-electron chi connectivity index (χ4n) is 2.05. The first-order valence-electron chi connectivity index (χ1n) is 5.28. The highest BCUT2D eigenvalue weighted by molar-refractivity contribution is 14.1. The van der Waals surface area contributed by atoms with E-state index in [4.69, 9.17) is 10.3 Å². The molecule has 2 aromatic rings. The van der Waals surface area contributed by atoms with Crippen LogP contribution in [-0.4, -0.2) is 5.16 Å². The van der Waals surface area contributed by atoms with Gasteiger partial charge in [0.15, 0.2) is 11.6 Å². The molecule has 0 saturated carbocycles. The highest BCUT2D eigenvalue weighted by Gasteiger charge is 2.19. The second kappa shape index (κ2) is 4.03. The maximum Gasteiger partial charge on any atom is 0.192 e. The Labute approximate surface area is 111 Å². The van der Waals surface area contributed by atoms with Gasteiger partial charge in [-0.15, -0.1) is 11.3 Å². The van der Waals surface area contributed by atoms with Gasteiger partial charge in [0, 0.05) is 4.88 Å². The third-order valence-electron chi connectivity index (χ3n) is 2.88. The molecule has 0 aromatic carbocycles. The maximum absolute atomic E-state index is 5.69. The van der Waals surface area contributed by atoms with Crippen LogP contribution in [0.25, 0.3) is 10.6 Å². The molecule has 2 heterocycles. The topological polar surface area (TPSA) is 52.0 Å². The fourth-order valence-corrected chi connectivity index (χ4v) is 3.95. The van der Waals surface area contributed by atoms with Gasteiger partial charge in [-0.3, -0.25) is 0 Å². The number of rotatable bonds is 1. The molecule has 0 bridgehead atoms. The standard InChI is InChI=1S/C11H11IN2OS/c12-9-10(15-14-11(9)13)8-5-6-3-1-2-4-7(6)16-8/h5H,1-4H2,(H2,13,14). The van der Waals surface area contributed by atoms with Crippen molar-refractivity contribution >= 4 is 39.7 Å². The van der Waals surface area contributed by atoms with Gasteiger partial charge in [-0.25, -0.2) is 0 Å². The Kier molecular flexibility index (Phi) is 2.67. The van der Waals surface area contributed by atoms with E-state index in [2.05, 4.69) is 33.8 Å². The zero-order valence-corrected chi connectivity index (χ0v) is 11.6. The van der Waals surface area contributed by atoms with Crippen molar-refractivity contribution in [2.75, 3.05) is 5.73 Å². The van der Waals surface area contributed by atoms with Crippen LogP contribution in [0.15, 0.2) is 10.6 Å². The second-order valence-corrected chi connectivity index (χ2v) is 6.19. The maximum atomic E-state index is 5.69. The fraction of sp³-hybridized carbons (Fsp3) is 0.364. The number of thiophene rings is 1. The predicted molar refractivity (Wildman–Crippen MR) is 73.6 cm³/mol. The Morgan fingerprint density at radius 2 is 2.19 bits per heavy atom. The van der Waals surface area contributed by atoms with Gasteiger partial charge in [-0.2, -0.15) is 0 Å². The molecule has 0 saturated heterocycles. The molecule has 0 spiro atoms. The Bertz CT molecular complexity index is 509. The molecular formula is C11H11IN2OS. The number of nitrogen functional groups attached to an aromatic ring is 1. The molecule has 0 unspecified atom stereocenters. The Morgan fingerprint density at radius 3 is 2.88 bits per heavy atom. The second-order valence-electron chi connectivity index (χ2n) is 3.98. The van der Waals surface area contributed by atoms with Gasteiger partial charge in [-0.1, -0.05) is 5.16 Å². The zero-order chi connectivity index (χ0) is 11.1. The number of aromatic nitrogens is 1. The van der Waals surface area contributed by atoms with E-state index in [1.165, 1.54) is 41.0 Å². The van der Waals surface area contributed by atoms with Gasteiger partial charge < -0.3 is 10.3 Å². The van der Waals surface area contributed by atoms with E-state index in [1.54, 1.807) is 0 Å². The number of halogens is 1. The summed E-state index contributed by atoms with van der Waals surface area (Å²) in [6.45, 7) is 0. The first-order chi connectivity index (χ1) is 7.75. The molecule has 16 heavy (non-hydrogen) atoms. The summed E-state index contributed by atoms with van der Waals surface area (Å²) in [7, 11) is 0. The number of nitrogens with zero attached hydrogens (tertiary/aromatic N) is 1. The molecule has 0 amide bonds. The van der Waals surface area contributed by atoms with Crippen molar-refractivity contribution in [2.45, 2.75) is 25.7 Å². The summed E-state index contributed by atoms with van der Waals surface area (Å²) >= 11 is 4.01. The van der Waals surface area contributed by atoms with E-state index >= 15 is 0 Å². The smallest absolute Gasteiger partial charge is 0.192 e. The molecule has 1 aliphatic carbocycles. The molecule has 0 fully saturated rings. The number of aryl methyl sites for hydroxylation is 2. The molecule has 0 atom stereocenters. The van der Waals surface area contributed by atoms with E-state index in [-0.39, 0.29) is 0 Å². The summed E-state index contributed by atoms with van der Waals surface area (Å²) in [6.07, 6.45) is 5.02. The van der Waals surface area contributed by atoms with E-state index in [0.29, 0.717) is 5.82 Å². The number of fused-ring (bicyclic) bond motifs is 1. The third kappa shape index (κ3) is 1.66. The van der Waals surface area contributed by atoms with Crippen LogP contribution in [0.5, 0.6) is 0 Å². The average Bonchev–Trinajstić information content (AvgIpc) is 2.84. The molecular weight excluding hydrogens is 335 g/mol. The van der Waals surface area contributed by atoms with Crippen LogP contribution in [0.2, 0.25) is 0 Å². The van der Waals surface area contributed by atoms with Crippen molar-refractivity contribution in [3.63, 3.8) is 0 Å². The van der Waals surface area contributed by atoms with Crippen LogP contribution in [-0.2, 0) is 12.8 Å². The minimum atomic E-state index is 0.488. The quantitative estimate of drug-likeness (QED) is 0.805. The van der Waals surface area contributed by atoms with E-state index in [0.717, 1.165) is 9.33 Å². The Balaban J connectivity index is 2.07. The summed E-state index contributed by atoms with van der Waals surface area (Å²) in [5.74, 6) is 1.32. The van der Waals surface area contributed by atoms with Crippen molar-refractivity contribution in [2.24, 2.45) is 0 Å². The normalized spacial score (nSPS) is 15.1. The first kappa shape index (κ1) is 10.6. The molecule has 0 aliphatic heterocycles. The van der Waals surface area contributed by atoms with Crippen molar-refractivity contribution < 1.29 is 4.52 Å². The lowest BCUT2D eigenvalue weighted by atomic mass is 9.99. The van der Waals surface area contributed by atoms with E-state index in [1.807, 2.05) is 11.3 Å². The van der Waals surface area contributed by atoms with Crippen LogP contribution in [0, 0.1) is 3.57 Å². The SMILES string of the molecule is Nc1noc(-c2cc3c(s2)CCCC3)c1I. The Hall–Kier alpha value is -0.560. The molecule has 3 rings (SSSR count). The summed E-state index contributed by atoms with van der Waals surface area (Å²) in [4.78, 5) is 2.67. The molecule has 84 valence electrons. The summed E-state index contributed by atoms with van der Waals surface area (Å²) < 4.78 is 6.21. The lowest BCUT2D eigenvalue weighted by Gasteiger charge is -2.08. The van der Waals surface area contributed by atoms with Crippen molar-refractivity contribution in [1.29, 1.82) is 0 Å². The predicted octanol–water partition coefficient (Wildman–Crippen LogP) is 3.47. The van der Waals surface area contributed by atoms with Crippen LogP contribution in [0.3, 0.4) is 0 Å². The van der Waals surface area contributed by atoms with Crippen molar-refractivity contribution in [3.8, 4) is 10.6 Å².